The van der Waals surface area contributed by atoms with Crippen LogP contribution in [0, 0.1) is 5.92 Å². The molecule has 42 heavy (non-hydrogen) atoms. The number of carboxylic acid groups (broad SMARTS) is 1. The van der Waals surface area contributed by atoms with E-state index in [-0.39, 0.29) is 18.6 Å². The van der Waals surface area contributed by atoms with Crippen LogP contribution in [0.5, 0.6) is 11.8 Å². The largest absolute Gasteiger partial charge is 0.481 e. The van der Waals surface area contributed by atoms with Crippen LogP contribution in [0.4, 0.5) is 24.5 Å². The Labute approximate surface area is 249 Å². The number of carbonyl (C=O) groups is 1. The van der Waals surface area contributed by atoms with Crippen LogP contribution in [0.2, 0.25) is 5.02 Å². The summed E-state index contributed by atoms with van der Waals surface area (Å²) in [6, 6.07) is 2.92. The number of hydrogen-bond acceptors (Lipinski definition) is 9. The van der Waals surface area contributed by atoms with Gasteiger partial charge in [-0.1, -0.05) is 18.5 Å². The van der Waals surface area contributed by atoms with Gasteiger partial charge in [0.05, 0.1) is 35.9 Å². The smallest absolute Gasteiger partial charge is 0.421 e. The molecule has 2 aliphatic rings. The van der Waals surface area contributed by atoms with E-state index in [1.807, 2.05) is 4.90 Å². The summed E-state index contributed by atoms with van der Waals surface area (Å²) in [5.74, 6) is -0.274. The normalized spacial score (nSPS) is 17.1. The highest BCUT2D eigenvalue weighted by atomic mass is 35.5. The Balaban J connectivity index is 0.000000533. The maximum Gasteiger partial charge on any atom is 0.421 e. The quantitative estimate of drug-likeness (QED) is 0.383. The maximum atomic E-state index is 13.8. The Morgan fingerprint density at radius 2 is 1.74 bits per heavy atom. The first-order valence-electron chi connectivity index (χ1n) is 13.6. The number of aliphatic hydroxyl groups is 1. The maximum absolute atomic E-state index is 13.8. The molecule has 2 aromatic heterocycles. The van der Waals surface area contributed by atoms with E-state index >= 15 is 0 Å². The third-order valence-corrected chi connectivity index (χ3v) is 6.81. The number of piperidine rings is 1. The van der Waals surface area contributed by atoms with E-state index in [0.29, 0.717) is 55.0 Å². The number of ether oxygens (including phenoxy) is 3. The van der Waals surface area contributed by atoms with Gasteiger partial charge >= 0.3 is 6.18 Å². The summed E-state index contributed by atoms with van der Waals surface area (Å²) in [5.41, 5.74) is 0.458. The molecule has 0 radical (unpaired) electrons. The number of hydrogen-bond donors (Lipinski definition) is 2. The number of anilines is 2. The highest BCUT2D eigenvalue weighted by Crippen LogP contribution is 2.39. The van der Waals surface area contributed by atoms with Crippen molar-refractivity contribution in [3.8, 4) is 11.8 Å². The van der Waals surface area contributed by atoms with E-state index in [1.165, 1.54) is 25.6 Å². The molecule has 2 saturated heterocycles. The monoisotopic (exact) mass is 620 g/mol. The molecule has 0 amide bonds. The molecule has 0 saturated carbocycles. The molecular formula is C28H40ClF3N4O6. The zero-order valence-electron chi connectivity index (χ0n) is 24.4. The van der Waals surface area contributed by atoms with Gasteiger partial charge in [0.15, 0.2) is 0 Å². The molecule has 1 unspecified atom stereocenters. The zero-order chi connectivity index (χ0) is 31.3. The number of carboxylic acids is 1. The van der Waals surface area contributed by atoms with E-state index in [9.17, 15) is 13.2 Å². The summed E-state index contributed by atoms with van der Waals surface area (Å²) in [6.07, 6.45) is 0.922. The van der Waals surface area contributed by atoms with Crippen molar-refractivity contribution >= 4 is 28.9 Å². The Kier molecular flexibility index (Phi) is 14.4. The van der Waals surface area contributed by atoms with Crippen LogP contribution in [0.1, 0.15) is 45.1 Å². The van der Waals surface area contributed by atoms with Crippen molar-refractivity contribution in [1.29, 1.82) is 0 Å². The Morgan fingerprint density at radius 1 is 1.10 bits per heavy atom. The van der Waals surface area contributed by atoms with E-state index in [2.05, 4.69) is 26.5 Å². The first kappa shape index (κ1) is 35.2. The summed E-state index contributed by atoms with van der Waals surface area (Å²) < 4.78 is 56.8. The number of nitrogens with zero attached hydrogens (tertiary/aromatic N) is 4. The fourth-order valence-electron chi connectivity index (χ4n) is 4.43. The van der Waals surface area contributed by atoms with Gasteiger partial charge in [0.1, 0.15) is 11.7 Å². The number of aliphatic carboxylic acids is 1. The van der Waals surface area contributed by atoms with Gasteiger partial charge in [-0.2, -0.15) is 13.2 Å². The summed E-state index contributed by atoms with van der Waals surface area (Å²) in [5, 5.41) is 16.0. The van der Waals surface area contributed by atoms with Crippen LogP contribution in [0.3, 0.4) is 0 Å². The Bertz CT molecular complexity index is 1110. The van der Waals surface area contributed by atoms with Crippen molar-refractivity contribution in [2.75, 3.05) is 63.4 Å². The average Bonchev–Trinajstić information content (AvgIpc) is 3.38. The molecule has 0 bridgehead atoms. The molecule has 4 rings (SSSR count). The molecule has 236 valence electrons. The highest BCUT2D eigenvalue weighted by Gasteiger charge is 2.37. The lowest BCUT2D eigenvalue weighted by Crippen LogP contribution is -2.38. The van der Waals surface area contributed by atoms with Crippen LogP contribution in [0.15, 0.2) is 24.5 Å². The molecule has 2 fully saturated rings. The van der Waals surface area contributed by atoms with Gasteiger partial charge in [0.2, 0.25) is 11.8 Å². The number of rotatable bonds is 8. The predicted molar refractivity (Wildman–Crippen MR) is 154 cm³/mol. The number of pyridine rings is 2. The molecule has 0 aliphatic carbocycles. The van der Waals surface area contributed by atoms with Crippen molar-refractivity contribution < 1.29 is 42.4 Å². The number of aromatic nitrogens is 2. The molecule has 1 atom stereocenters. The number of alkyl halides is 3. The number of halogens is 4. The topological polar surface area (TPSA) is 117 Å². The molecule has 10 nitrogen and oxygen atoms in total. The average molecular weight is 621 g/mol. The lowest BCUT2D eigenvalue weighted by Gasteiger charge is -2.34. The van der Waals surface area contributed by atoms with Gasteiger partial charge in [-0.25, -0.2) is 9.97 Å². The third-order valence-electron chi connectivity index (χ3n) is 6.52. The Morgan fingerprint density at radius 3 is 2.24 bits per heavy atom. The second kappa shape index (κ2) is 17.2. The standard InChI is InChI=1S/C22H26ClF3N4O2.C4H10O2.C2H4O2/c1-14-3-6-30(13-14)15-9-17(22(24,25)26)21(28-11-15)32-16-4-7-29(8-5-16)19-10-20(31-2)27-12-18(19)23;1-6-4-2-3-5;1-2(3)4/h9-12,14,16H,3-8,13H2,1-2H3;5H,2-4H2,1H3;1H3,(H,3,4). The minimum Gasteiger partial charge on any atom is -0.481 e. The van der Waals surface area contributed by atoms with Crippen molar-refractivity contribution in [2.45, 2.75) is 51.8 Å². The lowest BCUT2D eigenvalue weighted by molar-refractivity contribution is -0.139. The second-order valence-corrected chi connectivity index (χ2v) is 10.4. The zero-order valence-corrected chi connectivity index (χ0v) is 25.1. The molecular weight excluding hydrogens is 581 g/mol. The first-order chi connectivity index (χ1) is 19.9. The lowest BCUT2D eigenvalue weighted by atomic mass is 10.1. The molecule has 14 heteroatoms. The molecule has 2 aliphatic heterocycles. The second-order valence-electron chi connectivity index (χ2n) is 9.96. The van der Waals surface area contributed by atoms with E-state index in [1.54, 1.807) is 13.2 Å². The van der Waals surface area contributed by atoms with Gasteiger partial charge in [-0.05, 0) is 24.8 Å². The summed E-state index contributed by atoms with van der Waals surface area (Å²) in [6.45, 7) is 6.72. The summed E-state index contributed by atoms with van der Waals surface area (Å²) in [4.78, 5) is 21.2. The van der Waals surface area contributed by atoms with Crippen molar-refractivity contribution in [3.05, 3.63) is 35.1 Å². The molecule has 2 N–H and O–H groups in total. The van der Waals surface area contributed by atoms with Crippen LogP contribution in [-0.4, -0.2) is 85.9 Å². The van der Waals surface area contributed by atoms with Crippen LogP contribution in [-0.2, 0) is 15.7 Å². The molecule has 0 aromatic carbocycles. The van der Waals surface area contributed by atoms with Gasteiger partial charge in [0, 0.05) is 72.3 Å². The number of methoxy groups -OCH3 is 2. The van der Waals surface area contributed by atoms with Crippen LogP contribution in [0.25, 0.3) is 0 Å². The number of aliphatic hydroxyl groups excluding tert-OH is 1. The minimum atomic E-state index is -4.54. The summed E-state index contributed by atoms with van der Waals surface area (Å²) >= 11 is 6.27. The van der Waals surface area contributed by atoms with E-state index in [0.717, 1.165) is 38.5 Å². The van der Waals surface area contributed by atoms with Crippen LogP contribution < -0.4 is 19.3 Å². The fourth-order valence-corrected chi connectivity index (χ4v) is 4.65. The van der Waals surface area contributed by atoms with Gasteiger partial charge in [-0.15, -0.1) is 0 Å². The van der Waals surface area contributed by atoms with Gasteiger partial charge in [-0.3, -0.25) is 4.79 Å². The van der Waals surface area contributed by atoms with Crippen molar-refractivity contribution in [3.63, 3.8) is 0 Å². The first-order valence-corrected chi connectivity index (χ1v) is 14.0. The minimum absolute atomic E-state index is 0.230. The SMILES string of the molecule is CC(=O)O.COCCCO.COc1cc(N2CCC(Oc3ncc(N4CCC(C)C4)cc3C(F)(F)F)CC2)c(Cl)cn1. The molecule has 2 aromatic rings. The predicted octanol–water partition coefficient (Wildman–Crippen LogP) is 5.16. The molecule has 0 spiro atoms. The molecule has 4 heterocycles. The van der Waals surface area contributed by atoms with Crippen LogP contribution >= 0.6 is 11.6 Å². The fraction of sp³-hybridized carbons (Fsp3) is 0.607. The third kappa shape index (κ3) is 11.3. The Hall–Kier alpha value is -3.03. The van der Waals surface area contributed by atoms with Crippen molar-refractivity contribution in [1.82, 2.24) is 9.97 Å². The van der Waals surface area contributed by atoms with Gasteiger partial charge in [0.25, 0.3) is 5.97 Å². The highest BCUT2D eigenvalue weighted by molar-refractivity contribution is 6.33. The van der Waals surface area contributed by atoms with E-state index in [4.69, 9.17) is 36.1 Å². The van der Waals surface area contributed by atoms with Crippen molar-refractivity contribution in [2.24, 2.45) is 5.92 Å². The summed E-state index contributed by atoms with van der Waals surface area (Å²) in [7, 11) is 3.15. The van der Waals surface area contributed by atoms with E-state index < -0.39 is 17.7 Å². The van der Waals surface area contributed by atoms with Gasteiger partial charge < -0.3 is 34.2 Å².